The third-order valence-corrected chi connectivity index (χ3v) is 5.43. The first-order valence-electron chi connectivity index (χ1n) is 12.8. The first-order valence-corrected chi connectivity index (χ1v) is 12.8. The van der Waals surface area contributed by atoms with E-state index in [0.717, 1.165) is 13.0 Å². The maximum Gasteiger partial charge on any atom is 0.246 e. The van der Waals surface area contributed by atoms with Gasteiger partial charge >= 0.3 is 0 Å². The van der Waals surface area contributed by atoms with E-state index >= 15 is 0 Å². The number of carbonyl (C=O) groups excluding carboxylic acids is 1. The fraction of sp³-hybridized carbons (Fsp3) is 0.885. The fourth-order valence-electron chi connectivity index (χ4n) is 3.46. The van der Waals surface area contributed by atoms with Gasteiger partial charge in [-0.2, -0.15) is 0 Å². The van der Waals surface area contributed by atoms with Gasteiger partial charge in [0.15, 0.2) is 0 Å². The van der Waals surface area contributed by atoms with Crippen LogP contribution in [0.5, 0.6) is 0 Å². The molecule has 0 radical (unpaired) electrons. The Balaban J connectivity index is 3.05. The standard InChI is InChI=1S/C26H51NO3/c1-4-5-6-7-8-9-10-11-12-13-14-15-16-17-18-19-21-29-23-24-30-22-20-27-26(28)25(2)3/h2,4-24H2,1,3H3,(H,27,28). The summed E-state index contributed by atoms with van der Waals surface area (Å²) in [4.78, 5) is 11.3. The second kappa shape index (κ2) is 24.4. The van der Waals surface area contributed by atoms with Gasteiger partial charge in [0.2, 0.25) is 5.91 Å². The molecule has 4 nitrogen and oxygen atoms in total. The number of hydrogen-bond donors (Lipinski definition) is 1. The summed E-state index contributed by atoms with van der Waals surface area (Å²) in [5.74, 6) is -0.113. The monoisotopic (exact) mass is 425 g/mol. The summed E-state index contributed by atoms with van der Waals surface area (Å²) in [7, 11) is 0. The molecule has 0 unspecified atom stereocenters. The molecule has 1 amide bonds. The van der Waals surface area contributed by atoms with E-state index in [2.05, 4.69) is 18.8 Å². The van der Waals surface area contributed by atoms with Gasteiger partial charge in [-0.05, 0) is 13.3 Å². The number of rotatable bonds is 24. The summed E-state index contributed by atoms with van der Waals surface area (Å²) in [6, 6.07) is 0. The zero-order valence-electron chi connectivity index (χ0n) is 20.3. The SMILES string of the molecule is C=C(C)C(=O)NCCOCCOCCCCCCCCCCCCCCCCCC. The number of hydrogen-bond acceptors (Lipinski definition) is 3. The molecule has 0 aromatic heterocycles. The quantitative estimate of drug-likeness (QED) is 0.134. The van der Waals surface area contributed by atoms with Crippen LogP contribution in [0.1, 0.15) is 117 Å². The Labute approximate surface area is 187 Å². The molecule has 0 aliphatic carbocycles. The largest absolute Gasteiger partial charge is 0.379 e. The second-order valence-corrected chi connectivity index (χ2v) is 8.56. The van der Waals surface area contributed by atoms with Crippen LogP contribution in [0.2, 0.25) is 0 Å². The van der Waals surface area contributed by atoms with Gasteiger partial charge < -0.3 is 14.8 Å². The molecule has 4 heteroatoms. The lowest BCUT2D eigenvalue weighted by Gasteiger charge is -2.07. The summed E-state index contributed by atoms with van der Waals surface area (Å²) in [5.41, 5.74) is 0.525. The van der Waals surface area contributed by atoms with Gasteiger partial charge in [0.1, 0.15) is 0 Å². The van der Waals surface area contributed by atoms with Crippen molar-refractivity contribution in [2.45, 2.75) is 117 Å². The van der Waals surface area contributed by atoms with Crippen LogP contribution >= 0.6 is 0 Å². The Kier molecular flexibility index (Phi) is 23.7. The lowest BCUT2D eigenvalue weighted by molar-refractivity contribution is -0.117. The van der Waals surface area contributed by atoms with Gasteiger partial charge in [-0.25, -0.2) is 0 Å². The molecule has 0 fully saturated rings. The van der Waals surface area contributed by atoms with Crippen LogP contribution in [0.4, 0.5) is 0 Å². The number of nitrogens with one attached hydrogen (secondary N) is 1. The van der Waals surface area contributed by atoms with Crippen molar-refractivity contribution in [1.82, 2.24) is 5.32 Å². The van der Waals surface area contributed by atoms with Crippen molar-refractivity contribution in [3.8, 4) is 0 Å². The highest BCUT2D eigenvalue weighted by Crippen LogP contribution is 2.13. The molecule has 0 aromatic rings. The van der Waals surface area contributed by atoms with Crippen LogP contribution in [0, 0.1) is 0 Å². The van der Waals surface area contributed by atoms with Crippen LogP contribution in [0.15, 0.2) is 12.2 Å². The predicted molar refractivity (Wildman–Crippen MR) is 129 cm³/mol. The molecule has 0 saturated heterocycles. The van der Waals surface area contributed by atoms with Crippen molar-refractivity contribution in [3.05, 3.63) is 12.2 Å². The highest BCUT2D eigenvalue weighted by atomic mass is 16.5. The third kappa shape index (κ3) is 23.4. The normalized spacial score (nSPS) is 11.0. The lowest BCUT2D eigenvalue weighted by Crippen LogP contribution is -2.27. The van der Waals surface area contributed by atoms with Gasteiger partial charge in [0.25, 0.3) is 0 Å². The average molecular weight is 426 g/mol. The summed E-state index contributed by atoms with van der Waals surface area (Å²) in [6.07, 6.45) is 22.2. The average Bonchev–Trinajstić information content (AvgIpc) is 2.74. The molecule has 0 heterocycles. The minimum atomic E-state index is -0.113. The van der Waals surface area contributed by atoms with Gasteiger partial charge in [0.05, 0.1) is 19.8 Å². The number of ether oxygens (including phenoxy) is 2. The molecule has 178 valence electrons. The Morgan fingerprint density at radius 1 is 0.633 bits per heavy atom. The minimum absolute atomic E-state index is 0.113. The second-order valence-electron chi connectivity index (χ2n) is 8.56. The van der Waals surface area contributed by atoms with Gasteiger partial charge in [-0.1, -0.05) is 110 Å². The maximum atomic E-state index is 11.3. The molecule has 1 N–H and O–H groups in total. The van der Waals surface area contributed by atoms with E-state index in [4.69, 9.17) is 9.47 Å². The summed E-state index contributed by atoms with van der Waals surface area (Å²) in [6.45, 7) is 10.7. The molecular weight excluding hydrogens is 374 g/mol. The van der Waals surface area contributed by atoms with Crippen LogP contribution in [0.25, 0.3) is 0 Å². The Bertz CT molecular complexity index is 384. The molecule has 0 bridgehead atoms. The van der Waals surface area contributed by atoms with Crippen LogP contribution in [-0.2, 0) is 14.3 Å². The van der Waals surface area contributed by atoms with E-state index in [1.165, 1.54) is 96.3 Å². The zero-order chi connectivity index (χ0) is 22.1. The number of unbranched alkanes of at least 4 members (excludes halogenated alkanes) is 15. The molecule has 0 aromatic carbocycles. The fourth-order valence-corrected chi connectivity index (χ4v) is 3.46. The summed E-state index contributed by atoms with van der Waals surface area (Å²) < 4.78 is 11.0. The van der Waals surface area contributed by atoms with Crippen molar-refractivity contribution >= 4 is 5.91 Å². The molecule has 0 rings (SSSR count). The molecule has 0 aliphatic rings. The van der Waals surface area contributed by atoms with Crippen LogP contribution in [0.3, 0.4) is 0 Å². The minimum Gasteiger partial charge on any atom is -0.379 e. The van der Waals surface area contributed by atoms with Crippen molar-refractivity contribution in [2.24, 2.45) is 0 Å². The molecule has 0 atom stereocenters. The van der Waals surface area contributed by atoms with E-state index in [9.17, 15) is 4.79 Å². The van der Waals surface area contributed by atoms with Crippen molar-refractivity contribution in [2.75, 3.05) is 33.0 Å². The van der Waals surface area contributed by atoms with Gasteiger partial charge in [0, 0.05) is 18.7 Å². The highest BCUT2D eigenvalue weighted by Gasteiger charge is 1.99. The van der Waals surface area contributed by atoms with E-state index in [0.29, 0.717) is 31.9 Å². The van der Waals surface area contributed by atoms with E-state index in [1.54, 1.807) is 6.92 Å². The van der Waals surface area contributed by atoms with Gasteiger partial charge in [-0.15, -0.1) is 0 Å². The molecule has 0 saturated carbocycles. The maximum absolute atomic E-state index is 11.3. The molecule has 0 spiro atoms. The highest BCUT2D eigenvalue weighted by molar-refractivity contribution is 5.91. The molecule has 0 aliphatic heterocycles. The van der Waals surface area contributed by atoms with E-state index < -0.39 is 0 Å². The predicted octanol–water partition coefficient (Wildman–Crippen LogP) is 6.97. The molecule has 30 heavy (non-hydrogen) atoms. The van der Waals surface area contributed by atoms with Crippen LogP contribution < -0.4 is 5.32 Å². The van der Waals surface area contributed by atoms with Crippen molar-refractivity contribution < 1.29 is 14.3 Å². The third-order valence-electron chi connectivity index (χ3n) is 5.43. The van der Waals surface area contributed by atoms with E-state index in [-0.39, 0.29) is 5.91 Å². The smallest absolute Gasteiger partial charge is 0.246 e. The van der Waals surface area contributed by atoms with Gasteiger partial charge in [-0.3, -0.25) is 4.79 Å². The van der Waals surface area contributed by atoms with E-state index in [1.807, 2.05) is 0 Å². The first-order chi connectivity index (χ1) is 14.7. The van der Waals surface area contributed by atoms with Crippen molar-refractivity contribution in [1.29, 1.82) is 0 Å². The topological polar surface area (TPSA) is 47.6 Å². The Morgan fingerprint density at radius 3 is 1.47 bits per heavy atom. The summed E-state index contributed by atoms with van der Waals surface area (Å²) >= 11 is 0. The number of carbonyl (C=O) groups is 1. The first kappa shape index (κ1) is 29.1. The van der Waals surface area contributed by atoms with Crippen LogP contribution in [-0.4, -0.2) is 38.9 Å². The molecular formula is C26H51NO3. The van der Waals surface area contributed by atoms with Crippen molar-refractivity contribution in [3.63, 3.8) is 0 Å². The zero-order valence-corrected chi connectivity index (χ0v) is 20.3. The lowest BCUT2D eigenvalue weighted by atomic mass is 10.0. The Hall–Kier alpha value is -0.870. The Morgan fingerprint density at radius 2 is 1.03 bits per heavy atom. The number of amides is 1. The summed E-state index contributed by atoms with van der Waals surface area (Å²) in [5, 5.41) is 2.74.